The molecule has 0 aliphatic carbocycles. The van der Waals surface area contributed by atoms with Gasteiger partial charge < -0.3 is 10.2 Å². The van der Waals surface area contributed by atoms with E-state index in [9.17, 15) is 22.4 Å². The molecule has 0 saturated carbocycles. The molecule has 0 bridgehead atoms. The van der Waals surface area contributed by atoms with Gasteiger partial charge in [0.15, 0.2) is 0 Å². The number of amides is 2. The average molecular weight is 619 g/mol. The zero-order chi connectivity index (χ0) is 28.7. The van der Waals surface area contributed by atoms with Crippen LogP contribution in [0.4, 0.5) is 10.1 Å². The fraction of sp³-hybridized carbons (Fsp3) is 0.310. The molecule has 10 heteroatoms. The zero-order valence-electron chi connectivity index (χ0n) is 22.4. The Kier molecular flexibility index (Phi) is 10.3. The molecule has 39 heavy (non-hydrogen) atoms. The van der Waals surface area contributed by atoms with Crippen LogP contribution in [0, 0.1) is 12.7 Å². The number of sulfonamides is 1. The van der Waals surface area contributed by atoms with Crippen LogP contribution in [-0.4, -0.2) is 43.8 Å². The first-order valence-electron chi connectivity index (χ1n) is 12.6. The summed E-state index contributed by atoms with van der Waals surface area (Å²) in [5.41, 5.74) is 1.77. The maximum absolute atomic E-state index is 13.9. The van der Waals surface area contributed by atoms with Crippen LogP contribution < -0.4 is 9.62 Å². The van der Waals surface area contributed by atoms with Crippen molar-refractivity contribution in [2.75, 3.05) is 10.8 Å². The van der Waals surface area contributed by atoms with E-state index in [0.29, 0.717) is 6.42 Å². The maximum atomic E-state index is 13.9. The molecule has 0 radical (unpaired) electrons. The van der Waals surface area contributed by atoms with E-state index in [1.54, 1.807) is 19.1 Å². The number of halogens is 2. The first kappa shape index (κ1) is 30.3. The Labute approximate surface area is 238 Å². The third kappa shape index (κ3) is 7.89. The zero-order valence-corrected chi connectivity index (χ0v) is 24.8. The van der Waals surface area contributed by atoms with E-state index in [4.69, 9.17) is 0 Å². The minimum absolute atomic E-state index is 0.00718. The van der Waals surface area contributed by atoms with Crippen LogP contribution in [0.25, 0.3) is 0 Å². The molecule has 0 aromatic heterocycles. The van der Waals surface area contributed by atoms with Crippen molar-refractivity contribution in [2.24, 2.45) is 0 Å². The molecule has 208 valence electrons. The van der Waals surface area contributed by atoms with Gasteiger partial charge in [0.1, 0.15) is 18.4 Å². The summed E-state index contributed by atoms with van der Waals surface area (Å²) < 4.78 is 43.0. The number of carbonyl (C=O) groups excluding carboxylic acids is 2. The van der Waals surface area contributed by atoms with Crippen molar-refractivity contribution >= 4 is 43.5 Å². The SMILES string of the molecule is CC[C@H](C)NC(=O)[C@H](C)N(Cc1ccc(Br)cc1)C(=O)CN(c1ccc(F)cc1)S(=O)(=O)c1ccc(C)cc1. The third-order valence-corrected chi connectivity index (χ3v) is 8.75. The number of aryl methyl sites for hydroxylation is 1. The molecule has 0 unspecified atom stereocenters. The van der Waals surface area contributed by atoms with Gasteiger partial charge in [0.25, 0.3) is 10.0 Å². The summed E-state index contributed by atoms with van der Waals surface area (Å²) in [5, 5.41) is 2.90. The lowest BCUT2D eigenvalue weighted by molar-refractivity contribution is -0.139. The summed E-state index contributed by atoms with van der Waals surface area (Å²) in [6.07, 6.45) is 0.715. The maximum Gasteiger partial charge on any atom is 0.264 e. The molecule has 7 nitrogen and oxygen atoms in total. The fourth-order valence-electron chi connectivity index (χ4n) is 3.81. The number of nitrogens with zero attached hydrogens (tertiary/aromatic N) is 2. The largest absolute Gasteiger partial charge is 0.352 e. The molecule has 1 N–H and O–H groups in total. The summed E-state index contributed by atoms with van der Waals surface area (Å²) in [7, 11) is -4.20. The van der Waals surface area contributed by atoms with Crippen LogP contribution in [0.1, 0.15) is 38.3 Å². The predicted molar refractivity (Wildman–Crippen MR) is 154 cm³/mol. The topological polar surface area (TPSA) is 86.8 Å². The minimum atomic E-state index is -4.20. The van der Waals surface area contributed by atoms with Gasteiger partial charge >= 0.3 is 0 Å². The Balaban J connectivity index is 2.01. The van der Waals surface area contributed by atoms with Crippen LogP contribution >= 0.6 is 15.9 Å². The van der Waals surface area contributed by atoms with Gasteiger partial charge in [0.05, 0.1) is 10.6 Å². The van der Waals surface area contributed by atoms with Crippen LogP contribution in [0.15, 0.2) is 82.2 Å². The summed E-state index contributed by atoms with van der Waals surface area (Å²) in [5.74, 6) is -1.46. The second kappa shape index (κ2) is 13.2. The van der Waals surface area contributed by atoms with Gasteiger partial charge in [-0.05, 0) is 81.3 Å². The molecule has 3 rings (SSSR count). The van der Waals surface area contributed by atoms with Crippen molar-refractivity contribution in [1.29, 1.82) is 0 Å². The normalized spacial score (nSPS) is 12.9. The Morgan fingerprint density at radius 3 is 2.10 bits per heavy atom. The second-order valence-electron chi connectivity index (χ2n) is 9.44. The van der Waals surface area contributed by atoms with Gasteiger partial charge in [0.2, 0.25) is 11.8 Å². The highest BCUT2D eigenvalue weighted by atomic mass is 79.9. The van der Waals surface area contributed by atoms with E-state index in [-0.39, 0.29) is 29.1 Å². The van der Waals surface area contributed by atoms with E-state index in [0.717, 1.165) is 32.0 Å². The van der Waals surface area contributed by atoms with Gasteiger partial charge in [-0.1, -0.05) is 52.7 Å². The average Bonchev–Trinajstić information content (AvgIpc) is 2.91. The van der Waals surface area contributed by atoms with Crippen LogP contribution in [0.3, 0.4) is 0 Å². The van der Waals surface area contributed by atoms with Crippen molar-refractivity contribution in [1.82, 2.24) is 10.2 Å². The standard InChI is InChI=1S/C29H33BrFN3O4S/c1-5-21(3)32-29(36)22(4)33(18-23-8-10-24(30)11-9-23)28(35)19-34(26-14-12-25(31)13-15-26)39(37,38)27-16-6-20(2)7-17-27/h6-17,21-22H,5,18-19H2,1-4H3,(H,32,36)/t21-,22-/m0/s1. The highest BCUT2D eigenvalue weighted by molar-refractivity contribution is 9.10. The monoisotopic (exact) mass is 617 g/mol. The first-order chi connectivity index (χ1) is 18.4. The third-order valence-electron chi connectivity index (χ3n) is 6.44. The highest BCUT2D eigenvalue weighted by Gasteiger charge is 2.32. The number of benzene rings is 3. The number of rotatable bonds is 11. The molecular weight excluding hydrogens is 585 g/mol. The Morgan fingerprint density at radius 1 is 0.949 bits per heavy atom. The molecule has 0 aliphatic rings. The fourth-order valence-corrected chi connectivity index (χ4v) is 5.49. The van der Waals surface area contributed by atoms with Crippen molar-refractivity contribution in [3.05, 3.63) is 94.2 Å². The number of hydrogen-bond acceptors (Lipinski definition) is 4. The lowest BCUT2D eigenvalue weighted by Crippen LogP contribution is -2.52. The molecule has 0 saturated heterocycles. The predicted octanol–water partition coefficient (Wildman–Crippen LogP) is 5.42. The van der Waals surface area contributed by atoms with Gasteiger partial charge in [0, 0.05) is 17.1 Å². The quantitative estimate of drug-likeness (QED) is 0.311. The molecule has 0 fully saturated rings. The van der Waals surface area contributed by atoms with Gasteiger partial charge in [-0.3, -0.25) is 13.9 Å². The summed E-state index contributed by atoms with van der Waals surface area (Å²) in [6, 6.07) is 17.5. The van der Waals surface area contributed by atoms with Gasteiger partial charge in [-0.15, -0.1) is 0 Å². The summed E-state index contributed by atoms with van der Waals surface area (Å²) >= 11 is 3.40. The van der Waals surface area contributed by atoms with Gasteiger partial charge in [-0.25, -0.2) is 12.8 Å². The highest BCUT2D eigenvalue weighted by Crippen LogP contribution is 2.25. The smallest absolute Gasteiger partial charge is 0.264 e. The Bertz CT molecular complexity index is 1380. The number of nitrogens with one attached hydrogen (secondary N) is 1. The number of hydrogen-bond donors (Lipinski definition) is 1. The van der Waals surface area contributed by atoms with E-state index >= 15 is 0 Å². The van der Waals surface area contributed by atoms with E-state index in [2.05, 4.69) is 21.2 Å². The van der Waals surface area contributed by atoms with E-state index < -0.39 is 34.3 Å². The van der Waals surface area contributed by atoms with Crippen LogP contribution in [0.5, 0.6) is 0 Å². The molecule has 2 amide bonds. The van der Waals surface area contributed by atoms with Crippen molar-refractivity contribution in [3.8, 4) is 0 Å². The molecule has 0 aliphatic heterocycles. The van der Waals surface area contributed by atoms with Crippen LogP contribution in [-0.2, 0) is 26.2 Å². The lowest BCUT2D eigenvalue weighted by Gasteiger charge is -2.32. The molecule has 2 atom stereocenters. The Hall–Kier alpha value is -3.24. The molecule has 0 heterocycles. The number of carbonyl (C=O) groups is 2. The van der Waals surface area contributed by atoms with E-state index in [1.807, 2.05) is 45.0 Å². The van der Waals surface area contributed by atoms with Crippen molar-refractivity contribution in [2.45, 2.75) is 57.6 Å². The molecule has 3 aromatic rings. The van der Waals surface area contributed by atoms with Crippen molar-refractivity contribution < 1.29 is 22.4 Å². The minimum Gasteiger partial charge on any atom is -0.352 e. The summed E-state index contributed by atoms with van der Waals surface area (Å²) in [4.78, 5) is 28.3. The Morgan fingerprint density at radius 2 is 1.54 bits per heavy atom. The van der Waals surface area contributed by atoms with Crippen LogP contribution in [0.2, 0.25) is 0 Å². The first-order valence-corrected chi connectivity index (χ1v) is 14.8. The van der Waals surface area contributed by atoms with E-state index in [1.165, 1.54) is 29.2 Å². The molecule has 3 aromatic carbocycles. The second-order valence-corrected chi connectivity index (χ2v) is 12.2. The van der Waals surface area contributed by atoms with Crippen molar-refractivity contribution in [3.63, 3.8) is 0 Å². The lowest BCUT2D eigenvalue weighted by atomic mass is 10.1. The summed E-state index contributed by atoms with van der Waals surface area (Å²) in [6.45, 7) is 6.77. The molecular formula is C29H33BrFN3O4S. The number of anilines is 1. The van der Waals surface area contributed by atoms with Gasteiger partial charge in [-0.2, -0.15) is 0 Å². The molecule has 0 spiro atoms.